The van der Waals surface area contributed by atoms with Crippen molar-refractivity contribution in [3.63, 3.8) is 0 Å². The molecule has 2 rings (SSSR count). The minimum atomic E-state index is -0.656. The van der Waals surface area contributed by atoms with Gasteiger partial charge in [-0.2, -0.15) is 5.10 Å². The highest BCUT2D eigenvalue weighted by Gasteiger charge is 2.13. The van der Waals surface area contributed by atoms with Crippen molar-refractivity contribution in [2.75, 3.05) is 5.73 Å². The molecule has 7 heteroatoms. The van der Waals surface area contributed by atoms with Gasteiger partial charge in [0.1, 0.15) is 0 Å². The Hall–Kier alpha value is -1.89. The number of aromatic nitrogens is 3. The van der Waals surface area contributed by atoms with Crippen LogP contribution >= 0.6 is 15.9 Å². The summed E-state index contributed by atoms with van der Waals surface area (Å²) in [6.07, 6.45) is 3.16. The van der Waals surface area contributed by atoms with Gasteiger partial charge < -0.3 is 11.5 Å². The van der Waals surface area contributed by atoms with Crippen LogP contribution in [0.1, 0.15) is 16.1 Å². The van der Waals surface area contributed by atoms with E-state index in [0.29, 0.717) is 5.82 Å². The van der Waals surface area contributed by atoms with E-state index in [9.17, 15) is 4.79 Å². The molecule has 0 fully saturated rings. The average molecular weight is 296 g/mol. The topological polar surface area (TPSA) is 99.8 Å². The van der Waals surface area contributed by atoms with Gasteiger partial charge in [0.25, 0.3) is 5.91 Å². The monoisotopic (exact) mass is 295 g/mol. The molecule has 88 valence electrons. The van der Waals surface area contributed by atoms with E-state index < -0.39 is 5.91 Å². The molecule has 0 aromatic carbocycles. The van der Waals surface area contributed by atoms with E-state index in [-0.39, 0.29) is 11.4 Å². The summed E-state index contributed by atoms with van der Waals surface area (Å²) >= 11 is 3.32. The first-order valence-electron chi connectivity index (χ1n) is 4.76. The van der Waals surface area contributed by atoms with E-state index in [1.54, 1.807) is 6.20 Å². The Morgan fingerprint density at radius 3 is 2.76 bits per heavy atom. The number of hydrogen-bond donors (Lipinski definition) is 2. The summed E-state index contributed by atoms with van der Waals surface area (Å²) in [6, 6.07) is 1.89. The van der Waals surface area contributed by atoms with Crippen LogP contribution in [-0.2, 0) is 0 Å². The van der Waals surface area contributed by atoms with Crippen LogP contribution in [0.25, 0.3) is 5.82 Å². The number of pyridine rings is 1. The van der Waals surface area contributed by atoms with Crippen molar-refractivity contribution in [1.82, 2.24) is 14.8 Å². The number of anilines is 1. The van der Waals surface area contributed by atoms with Crippen LogP contribution < -0.4 is 11.5 Å². The molecule has 0 spiro atoms. The van der Waals surface area contributed by atoms with Gasteiger partial charge in [-0.05, 0) is 34.5 Å². The normalized spacial score (nSPS) is 10.5. The zero-order chi connectivity index (χ0) is 12.6. The third-order valence-corrected chi connectivity index (χ3v) is 2.64. The molecule has 0 aliphatic rings. The lowest BCUT2D eigenvalue weighted by Crippen LogP contribution is -2.14. The third kappa shape index (κ3) is 2.14. The van der Waals surface area contributed by atoms with E-state index in [4.69, 9.17) is 11.5 Å². The molecule has 2 aromatic heterocycles. The van der Waals surface area contributed by atoms with E-state index in [1.807, 2.05) is 13.0 Å². The van der Waals surface area contributed by atoms with E-state index in [0.717, 1.165) is 10.0 Å². The second-order valence-electron chi connectivity index (χ2n) is 3.54. The molecule has 0 unspecified atom stereocenters. The predicted molar refractivity (Wildman–Crippen MR) is 66.7 cm³/mol. The second-order valence-corrected chi connectivity index (χ2v) is 4.45. The largest absolute Gasteiger partial charge is 0.396 e. The molecule has 0 bridgehead atoms. The van der Waals surface area contributed by atoms with Gasteiger partial charge in [0, 0.05) is 10.7 Å². The Bertz CT molecular complexity index is 592. The number of carbonyl (C=O) groups excluding carboxylic acids is 1. The second kappa shape index (κ2) is 4.17. The van der Waals surface area contributed by atoms with Gasteiger partial charge in [-0.1, -0.05) is 0 Å². The number of halogens is 1. The lowest BCUT2D eigenvalue weighted by Gasteiger charge is -2.04. The number of primary amides is 1. The van der Waals surface area contributed by atoms with Crippen LogP contribution in [0.3, 0.4) is 0 Å². The lowest BCUT2D eigenvalue weighted by atomic mass is 10.3. The van der Waals surface area contributed by atoms with Gasteiger partial charge >= 0.3 is 0 Å². The minimum absolute atomic E-state index is 0.0501. The molecule has 4 N–H and O–H groups in total. The predicted octanol–water partition coefficient (Wildman–Crippen LogP) is 1.02. The fourth-order valence-electron chi connectivity index (χ4n) is 1.46. The Balaban J connectivity index is 2.53. The quantitative estimate of drug-likeness (QED) is 0.864. The van der Waals surface area contributed by atoms with Gasteiger partial charge in [0.15, 0.2) is 11.5 Å². The average Bonchev–Trinajstić information content (AvgIpc) is 2.60. The van der Waals surface area contributed by atoms with E-state index in [1.165, 1.54) is 10.9 Å². The van der Waals surface area contributed by atoms with Crippen molar-refractivity contribution in [3.05, 3.63) is 34.2 Å². The molecule has 0 aliphatic carbocycles. The summed E-state index contributed by atoms with van der Waals surface area (Å²) in [5, 5.41) is 4.01. The molecule has 2 heterocycles. The third-order valence-electron chi connectivity index (χ3n) is 2.21. The number of rotatable bonds is 2. The first-order valence-corrected chi connectivity index (χ1v) is 5.56. The highest BCUT2D eigenvalue weighted by atomic mass is 79.9. The molecule has 6 nitrogen and oxygen atoms in total. The molecular formula is C10H10BrN5O. The van der Waals surface area contributed by atoms with Crippen molar-refractivity contribution in [3.8, 4) is 5.82 Å². The number of amides is 1. The highest BCUT2D eigenvalue weighted by molar-refractivity contribution is 9.10. The maximum Gasteiger partial charge on any atom is 0.271 e. The number of aryl methyl sites for hydroxylation is 1. The molecule has 0 aliphatic heterocycles. The number of nitrogens with zero attached hydrogens (tertiary/aromatic N) is 3. The Kier molecular flexibility index (Phi) is 2.84. The first kappa shape index (κ1) is 11.6. The number of nitrogens with two attached hydrogens (primary N) is 2. The Labute approximate surface area is 106 Å². The summed E-state index contributed by atoms with van der Waals surface area (Å²) in [5.41, 5.74) is 12.0. The zero-order valence-electron chi connectivity index (χ0n) is 9.01. The standard InChI is InChI=1S/C10H10BrN5O/c1-5-2-6(11)3-14-10(5)16-4-7(12)8(15-16)9(13)17/h2-4H,12H2,1H3,(H2,13,17). The lowest BCUT2D eigenvalue weighted by molar-refractivity contribution is 0.0996. The van der Waals surface area contributed by atoms with E-state index >= 15 is 0 Å². The summed E-state index contributed by atoms with van der Waals surface area (Å²) < 4.78 is 2.31. The van der Waals surface area contributed by atoms with Crippen molar-refractivity contribution in [2.24, 2.45) is 5.73 Å². The molecule has 2 aromatic rings. The highest BCUT2D eigenvalue weighted by Crippen LogP contribution is 2.18. The molecule has 17 heavy (non-hydrogen) atoms. The minimum Gasteiger partial charge on any atom is -0.396 e. The van der Waals surface area contributed by atoms with Crippen molar-refractivity contribution in [2.45, 2.75) is 6.92 Å². The fourth-order valence-corrected chi connectivity index (χ4v) is 1.91. The number of carbonyl (C=O) groups is 1. The number of nitrogen functional groups attached to an aromatic ring is 1. The van der Waals surface area contributed by atoms with Gasteiger partial charge in [-0.15, -0.1) is 0 Å². The molecule has 0 radical (unpaired) electrons. The van der Waals surface area contributed by atoms with Crippen LogP contribution in [0, 0.1) is 6.92 Å². The Morgan fingerprint density at radius 2 is 2.24 bits per heavy atom. The molecule has 0 atom stereocenters. The molecule has 0 saturated carbocycles. The van der Waals surface area contributed by atoms with Crippen molar-refractivity contribution >= 4 is 27.5 Å². The summed E-state index contributed by atoms with van der Waals surface area (Å²) in [6.45, 7) is 1.88. The SMILES string of the molecule is Cc1cc(Br)cnc1-n1cc(N)c(C(N)=O)n1. The fraction of sp³-hybridized carbons (Fsp3) is 0.100. The number of hydrogen-bond acceptors (Lipinski definition) is 4. The van der Waals surface area contributed by atoms with Crippen LogP contribution in [0.2, 0.25) is 0 Å². The molecular weight excluding hydrogens is 286 g/mol. The maximum absolute atomic E-state index is 11.0. The van der Waals surface area contributed by atoms with Crippen LogP contribution in [0.4, 0.5) is 5.69 Å². The smallest absolute Gasteiger partial charge is 0.271 e. The van der Waals surface area contributed by atoms with Gasteiger partial charge in [0.2, 0.25) is 0 Å². The summed E-state index contributed by atoms with van der Waals surface area (Å²) in [7, 11) is 0. The van der Waals surface area contributed by atoms with Crippen LogP contribution in [-0.4, -0.2) is 20.7 Å². The van der Waals surface area contributed by atoms with Gasteiger partial charge in [-0.3, -0.25) is 4.79 Å². The van der Waals surface area contributed by atoms with Crippen LogP contribution in [0.5, 0.6) is 0 Å². The van der Waals surface area contributed by atoms with E-state index in [2.05, 4.69) is 26.0 Å². The summed E-state index contributed by atoms with van der Waals surface area (Å²) in [5.74, 6) is -0.0524. The summed E-state index contributed by atoms with van der Waals surface area (Å²) in [4.78, 5) is 15.3. The maximum atomic E-state index is 11.0. The van der Waals surface area contributed by atoms with Crippen molar-refractivity contribution in [1.29, 1.82) is 0 Å². The first-order chi connectivity index (χ1) is 7.99. The van der Waals surface area contributed by atoms with Gasteiger partial charge in [-0.25, -0.2) is 9.67 Å². The molecule has 0 saturated heterocycles. The molecule has 1 amide bonds. The Morgan fingerprint density at radius 1 is 1.53 bits per heavy atom. The van der Waals surface area contributed by atoms with Gasteiger partial charge in [0.05, 0.1) is 11.9 Å². The van der Waals surface area contributed by atoms with Crippen molar-refractivity contribution < 1.29 is 4.79 Å². The zero-order valence-corrected chi connectivity index (χ0v) is 10.6. The van der Waals surface area contributed by atoms with Crippen LogP contribution in [0.15, 0.2) is 22.9 Å².